The van der Waals surface area contributed by atoms with Crippen LogP contribution in [0.15, 0.2) is 0 Å². The molecule has 0 amide bonds. The van der Waals surface area contributed by atoms with Crippen LogP contribution in [0.2, 0.25) is 0 Å². The molecule has 2 atom stereocenters. The number of hydrogen-bond acceptors (Lipinski definition) is 2. The Bertz CT molecular complexity index is 93.0. The minimum Gasteiger partial charge on any atom is -0.316 e. The molecule has 0 saturated carbocycles. The van der Waals surface area contributed by atoms with Crippen molar-refractivity contribution in [3.63, 3.8) is 0 Å². The third-order valence-corrected chi connectivity index (χ3v) is 2.52. The van der Waals surface area contributed by atoms with Crippen molar-refractivity contribution in [2.75, 3.05) is 6.54 Å². The number of nitrogens with one attached hydrogen (secondary N) is 1. The Morgan fingerprint density at radius 2 is 2.27 bits per heavy atom. The van der Waals surface area contributed by atoms with E-state index in [1.165, 1.54) is 25.7 Å². The fourth-order valence-electron chi connectivity index (χ4n) is 1.68. The molecule has 0 spiro atoms. The predicted octanol–water partition coefficient (Wildman–Crippen LogP) is 1.46. The summed E-state index contributed by atoms with van der Waals surface area (Å²) in [4.78, 5) is 0. The summed E-state index contributed by atoms with van der Waals surface area (Å²) in [5.41, 5.74) is 5.71. The van der Waals surface area contributed by atoms with Crippen LogP contribution in [0.4, 0.5) is 0 Å². The first-order valence-electron chi connectivity index (χ1n) is 4.82. The molecule has 0 aromatic heterocycles. The van der Waals surface area contributed by atoms with E-state index >= 15 is 0 Å². The lowest BCUT2D eigenvalue weighted by Gasteiger charge is -2.27. The van der Waals surface area contributed by atoms with E-state index in [0.29, 0.717) is 0 Å². The van der Waals surface area contributed by atoms with Crippen LogP contribution in [0.25, 0.3) is 0 Å². The Hall–Kier alpha value is -0.0800. The maximum atomic E-state index is 5.71. The van der Waals surface area contributed by atoms with Gasteiger partial charge in [0.25, 0.3) is 0 Å². The van der Waals surface area contributed by atoms with Crippen molar-refractivity contribution in [2.45, 2.75) is 45.2 Å². The molecule has 2 nitrogen and oxygen atoms in total. The van der Waals surface area contributed by atoms with E-state index in [2.05, 4.69) is 12.2 Å². The minimum atomic E-state index is 0.271. The monoisotopic (exact) mass is 156 g/mol. The first-order chi connectivity index (χ1) is 5.33. The molecule has 1 aliphatic rings. The third kappa shape index (κ3) is 3.21. The van der Waals surface area contributed by atoms with Crippen molar-refractivity contribution in [1.82, 2.24) is 5.32 Å². The number of unbranched alkanes of at least 4 members (excludes halogenated alkanes) is 1. The zero-order valence-corrected chi connectivity index (χ0v) is 7.47. The molecule has 0 aromatic carbocycles. The van der Waals surface area contributed by atoms with Gasteiger partial charge in [0.1, 0.15) is 0 Å². The molecule has 0 bridgehead atoms. The molecule has 0 unspecified atom stereocenters. The summed E-state index contributed by atoms with van der Waals surface area (Å²) in [6, 6.07) is 0. The van der Waals surface area contributed by atoms with Gasteiger partial charge in [0, 0.05) is 0 Å². The topological polar surface area (TPSA) is 38.0 Å². The van der Waals surface area contributed by atoms with E-state index < -0.39 is 0 Å². The van der Waals surface area contributed by atoms with Gasteiger partial charge >= 0.3 is 0 Å². The second kappa shape index (κ2) is 4.73. The minimum absolute atomic E-state index is 0.271. The fourth-order valence-corrected chi connectivity index (χ4v) is 1.68. The Balaban J connectivity index is 2.07. The van der Waals surface area contributed by atoms with Gasteiger partial charge in [-0.3, -0.25) is 0 Å². The SMILES string of the molecule is CCCC[C@@H]1CC[C@@H](N)NC1. The molecular weight excluding hydrogens is 136 g/mol. The second-order valence-corrected chi connectivity index (χ2v) is 3.60. The molecule has 1 rings (SSSR count). The molecule has 11 heavy (non-hydrogen) atoms. The maximum absolute atomic E-state index is 5.71. The Kier molecular flexibility index (Phi) is 3.87. The Morgan fingerprint density at radius 3 is 2.82 bits per heavy atom. The van der Waals surface area contributed by atoms with E-state index in [1.54, 1.807) is 0 Å². The smallest absolute Gasteiger partial charge is 0.0546 e. The average molecular weight is 156 g/mol. The van der Waals surface area contributed by atoms with Gasteiger partial charge < -0.3 is 11.1 Å². The summed E-state index contributed by atoms with van der Waals surface area (Å²) in [6.07, 6.45) is 6.84. The summed E-state index contributed by atoms with van der Waals surface area (Å²) in [6.45, 7) is 3.39. The lowest BCUT2D eigenvalue weighted by molar-refractivity contribution is 0.297. The van der Waals surface area contributed by atoms with Crippen LogP contribution in [0.1, 0.15) is 39.0 Å². The van der Waals surface area contributed by atoms with Crippen molar-refractivity contribution in [3.8, 4) is 0 Å². The normalized spacial score (nSPS) is 32.2. The number of nitrogens with two attached hydrogens (primary N) is 1. The van der Waals surface area contributed by atoms with Gasteiger partial charge in [-0.1, -0.05) is 19.8 Å². The summed E-state index contributed by atoms with van der Waals surface area (Å²) in [5.74, 6) is 0.898. The molecule has 0 aromatic rings. The molecule has 3 N–H and O–H groups in total. The zero-order chi connectivity index (χ0) is 8.10. The highest BCUT2D eigenvalue weighted by molar-refractivity contribution is 4.73. The molecular formula is C9H20N2. The van der Waals surface area contributed by atoms with E-state index in [1.807, 2.05) is 0 Å². The van der Waals surface area contributed by atoms with Crippen LogP contribution in [-0.2, 0) is 0 Å². The van der Waals surface area contributed by atoms with Crippen LogP contribution < -0.4 is 11.1 Å². The first kappa shape index (κ1) is 9.01. The Labute approximate surface area is 69.5 Å². The van der Waals surface area contributed by atoms with E-state index in [-0.39, 0.29) is 6.17 Å². The van der Waals surface area contributed by atoms with Gasteiger partial charge in [0.15, 0.2) is 0 Å². The number of rotatable bonds is 3. The van der Waals surface area contributed by atoms with Crippen molar-refractivity contribution >= 4 is 0 Å². The highest BCUT2D eigenvalue weighted by Gasteiger charge is 2.16. The lowest BCUT2D eigenvalue weighted by Crippen LogP contribution is -2.44. The average Bonchev–Trinajstić information content (AvgIpc) is 2.04. The van der Waals surface area contributed by atoms with Crippen molar-refractivity contribution in [3.05, 3.63) is 0 Å². The van der Waals surface area contributed by atoms with Crippen LogP contribution in [0, 0.1) is 5.92 Å². The predicted molar refractivity (Wildman–Crippen MR) is 48.2 cm³/mol. The van der Waals surface area contributed by atoms with Crippen LogP contribution in [0.3, 0.4) is 0 Å². The van der Waals surface area contributed by atoms with Crippen LogP contribution >= 0.6 is 0 Å². The van der Waals surface area contributed by atoms with Gasteiger partial charge in [-0.15, -0.1) is 0 Å². The van der Waals surface area contributed by atoms with Crippen LogP contribution in [0.5, 0.6) is 0 Å². The van der Waals surface area contributed by atoms with Gasteiger partial charge in [-0.25, -0.2) is 0 Å². The van der Waals surface area contributed by atoms with Crippen molar-refractivity contribution in [2.24, 2.45) is 11.7 Å². The summed E-state index contributed by atoms with van der Waals surface area (Å²) in [7, 11) is 0. The highest BCUT2D eigenvalue weighted by Crippen LogP contribution is 2.17. The summed E-state index contributed by atoms with van der Waals surface area (Å²) in [5, 5.41) is 3.32. The summed E-state index contributed by atoms with van der Waals surface area (Å²) < 4.78 is 0. The lowest BCUT2D eigenvalue weighted by atomic mass is 9.93. The zero-order valence-electron chi connectivity index (χ0n) is 7.47. The van der Waals surface area contributed by atoms with Crippen molar-refractivity contribution < 1.29 is 0 Å². The van der Waals surface area contributed by atoms with Gasteiger partial charge in [0.05, 0.1) is 6.17 Å². The quantitative estimate of drug-likeness (QED) is 0.649. The molecule has 66 valence electrons. The Morgan fingerprint density at radius 1 is 1.45 bits per heavy atom. The maximum Gasteiger partial charge on any atom is 0.0546 e. The molecule has 0 radical (unpaired) electrons. The molecule has 2 heteroatoms. The van der Waals surface area contributed by atoms with Crippen LogP contribution in [-0.4, -0.2) is 12.7 Å². The largest absolute Gasteiger partial charge is 0.316 e. The molecule has 1 fully saturated rings. The summed E-state index contributed by atoms with van der Waals surface area (Å²) >= 11 is 0. The third-order valence-electron chi connectivity index (χ3n) is 2.52. The van der Waals surface area contributed by atoms with Crippen molar-refractivity contribution in [1.29, 1.82) is 0 Å². The van der Waals surface area contributed by atoms with Gasteiger partial charge in [0.2, 0.25) is 0 Å². The van der Waals surface area contributed by atoms with E-state index in [9.17, 15) is 0 Å². The first-order valence-corrected chi connectivity index (χ1v) is 4.82. The molecule has 1 aliphatic heterocycles. The second-order valence-electron chi connectivity index (χ2n) is 3.60. The fraction of sp³-hybridized carbons (Fsp3) is 1.00. The van der Waals surface area contributed by atoms with Gasteiger partial charge in [-0.05, 0) is 31.7 Å². The molecule has 0 aliphatic carbocycles. The number of hydrogen-bond donors (Lipinski definition) is 2. The van der Waals surface area contributed by atoms with E-state index in [4.69, 9.17) is 5.73 Å². The number of piperidine rings is 1. The standard InChI is InChI=1S/C9H20N2/c1-2-3-4-8-5-6-9(10)11-7-8/h8-9,11H,2-7,10H2,1H3/t8-,9+/m1/s1. The van der Waals surface area contributed by atoms with Gasteiger partial charge in [-0.2, -0.15) is 0 Å². The molecule has 1 heterocycles. The molecule has 1 saturated heterocycles. The highest BCUT2D eigenvalue weighted by atomic mass is 15.0. The van der Waals surface area contributed by atoms with E-state index in [0.717, 1.165) is 18.9 Å².